The van der Waals surface area contributed by atoms with Crippen LogP contribution in [0.1, 0.15) is 11.9 Å². The normalized spacial score (nSPS) is 32.7. The highest BCUT2D eigenvalue weighted by molar-refractivity contribution is 7.86. The second-order valence-corrected chi connectivity index (χ2v) is 10.8. The summed E-state index contributed by atoms with van der Waals surface area (Å²) in [5, 5.41) is 29.8. The van der Waals surface area contributed by atoms with Gasteiger partial charge in [-0.3, -0.25) is 13.6 Å². The monoisotopic (exact) mass is 525 g/mol. The molecule has 0 aromatic carbocycles. The Bertz CT molecular complexity index is 1130. The van der Waals surface area contributed by atoms with E-state index in [1.807, 2.05) is 0 Å². The zero-order valence-electron chi connectivity index (χ0n) is 15.3. The number of phosphoric acid groups is 2. The van der Waals surface area contributed by atoms with Crippen molar-refractivity contribution in [3.8, 4) is 0 Å². The fourth-order valence-electron chi connectivity index (χ4n) is 2.88. The van der Waals surface area contributed by atoms with Crippen LogP contribution in [-0.2, 0) is 37.9 Å². The van der Waals surface area contributed by atoms with E-state index >= 15 is 0 Å². The number of imidazole rings is 1. The maximum Gasteiger partial charge on any atom is 0.481 e. The molecule has 6 atom stereocenters. The van der Waals surface area contributed by atoms with E-state index in [0.717, 1.165) is 10.9 Å². The summed E-state index contributed by atoms with van der Waals surface area (Å²) >= 11 is 0. The summed E-state index contributed by atoms with van der Waals surface area (Å²) in [4.78, 5) is 33.3. The number of rotatable bonds is 7. The van der Waals surface area contributed by atoms with Crippen molar-refractivity contribution in [1.29, 1.82) is 0 Å². The number of nitrogens with one attached hydrogen (secondary N) is 1. The van der Waals surface area contributed by atoms with Gasteiger partial charge in [0.1, 0.15) is 24.1 Å². The zero-order valence-corrected chi connectivity index (χ0v) is 17.9. The van der Waals surface area contributed by atoms with Crippen LogP contribution in [0.15, 0.2) is 11.3 Å². The summed E-state index contributed by atoms with van der Waals surface area (Å²) in [6.07, 6.45) is -5.92. The van der Waals surface area contributed by atoms with E-state index in [9.17, 15) is 42.3 Å². The number of nitrogens with two attached hydrogens (primary N) is 1. The molecule has 1 aromatic heterocycles. The third kappa shape index (κ3) is 4.73. The van der Waals surface area contributed by atoms with Gasteiger partial charge < -0.3 is 45.8 Å². The molecular formula is C10H17N5O14P2S. The van der Waals surface area contributed by atoms with Gasteiger partial charge in [-0.05, 0) is 0 Å². The van der Waals surface area contributed by atoms with Crippen LogP contribution in [0.2, 0.25) is 0 Å². The first-order chi connectivity index (χ1) is 14.5. The van der Waals surface area contributed by atoms with Crippen LogP contribution < -0.4 is 11.1 Å². The van der Waals surface area contributed by atoms with Crippen molar-refractivity contribution in [3.05, 3.63) is 12.0 Å². The summed E-state index contributed by atoms with van der Waals surface area (Å²) in [6, 6.07) is 0. The number of fused-ring (bicyclic) bond motifs is 1. The largest absolute Gasteiger partial charge is 0.481 e. The van der Waals surface area contributed by atoms with E-state index in [2.05, 4.69) is 24.1 Å². The van der Waals surface area contributed by atoms with Gasteiger partial charge in [0, 0.05) is 0 Å². The summed E-state index contributed by atoms with van der Waals surface area (Å²) in [7, 11) is -16.0. The number of nitrogens with zero attached hydrogens (tertiary/aromatic N) is 3. The Balaban J connectivity index is 1.84. The summed E-state index contributed by atoms with van der Waals surface area (Å²) in [5.74, 6) is -1.09. The zero-order chi connectivity index (χ0) is 24.3. The summed E-state index contributed by atoms with van der Waals surface area (Å²) in [6.45, 7) is -0.995. The molecule has 0 aliphatic carbocycles. The van der Waals surface area contributed by atoms with E-state index < -0.39 is 79.4 Å². The number of aliphatic hydroxyl groups is 3. The van der Waals surface area contributed by atoms with Crippen molar-refractivity contribution >= 4 is 37.5 Å². The second-order valence-electron chi connectivity index (χ2n) is 6.44. The summed E-state index contributed by atoms with van der Waals surface area (Å²) < 4.78 is 68.9. The summed E-state index contributed by atoms with van der Waals surface area (Å²) in [5.41, 5.74) is 4.68. The number of hydrogen-bond donors (Lipinski definition) is 9. The molecular weight excluding hydrogens is 508 g/mol. The van der Waals surface area contributed by atoms with Crippen LogP contribution in [-0.4, -0.2) is 83.4 Å². The molecule has 2 unspecified atom stereocenters. The van der Waals surface area contributed by atoms with Crippen molar-refractivity contribution in [1.82, 2.24) is 9.55 Å². The average molecular weight is 525 g/mol. The predicted octanol–water partition coefficient (Wildman–Crippen LogP) is -3.54. The number of guanidine groups is 1. The Morgan fingerprint density at radius 3 is 2.47 bits per heavy atom. The minimum Gasteiger partial charge on any atom is -0.387 e. The van der Waals surface area contributed by atoms with E-state index in [1.165, 1.54) is 0 Å². The molecule has 1 fully saturated rings. The maximum absolute atomic E-state index is 11.6. The molecule has 0 radical (unpaired) electrons. The van der Waals surface area contributed by atoms with Crippen LogP contribution in [0.25, 0.3) is 0 Å². The number of aliphatic hydroxyl groups excluding tert-OH is 2. The van der Waals surface area contributed by atoms with Gasteiger partial charge in [0.25, 0.3) is 0 Å². The Morgan fingerprint density at radius 2 is 1.91 bits per heavy atom. The molecule has 0 amide bonds. The lowest BCUT2D eigenvalue weighted by molar-refractivity contribution is -0.0511. The minimum atomic E-state index is -5.40. The van der Waals surface area contributed by atoms with E-state index in [1.54, 1.807) is 0 Å². The fraction of sp³-hybridized carbons (Fsp3) is 0.600. The number of hydrogen-bond acceptors (Lipinski definition) is 14. The fourth-order valence-corrected chi connectivity index (χ4v) is 5.09. The second kappa shape index (κ2) is 8.06. The molecule has 1 aromatic rings. The molecule has 0 saturated carbocycles. The molecule has 182 valence electrons. The van der Waals surface area contributed by atoms with Gasteiger partial charge in [-0.1, -0.05) is 0 Å². The highest BCUT2D eigenvalue weighted by Crippen LogP contribution is 2.57. The van der Waals surface area contributed by atoms with Crippen LogP contribution >= 0.6 is 15.6 Å². The number of phosphoric ester groups is 1. The molecule has 1 saturated heterocycles. The quantitative estimate of drug-likeness (QED) is 0.123. The minimum absolute atomic E-state index is 0.409. The smallest absolute Gasteiger partial charge is 0.387 e. The van der Waals surface area contributed by atoms with Crippen LogP contribution in [0, 0.1) is 0 Å². The third-order valence-corrected chi connectivity index (χ3v) is 7.36. The van der Waals surface area contributed by atoms with Gasteiger partial charge in [0.15, 0.2) is 17.9 Å². The van der Waals surface area contributed by atoms with Gasteiger partial charge in [-0.2, -0.15) is 17.7 Å². The number of ether oxygens (including phenoxy) is 1. The molecule has 2 aliphatic heterocycles. The van der Waals surface area contributed by atoms with Gasteiger partial charge in [0.2, 0.25) is 0 Å². The molecule has 0 spiro atoms. The van der Waals surface area contributed by atoms with Crippen molar-refractivity contribution in [3.63, 3.8) is 0 Å². The van der Waals surface area contributed by atoms with Gasteiger partial charge in [-0.15, -0.1) is 0 Å². The Labute approximate surface area is 177 Å². The highest BCUT2D eigenvalue weighted by Gasteiger charge is 2.52. The molecule has 22 heteroatoms. The maximum atomic E-state index is 11.6. The lowest BCUT2D eigenvalue weighted by atomic mass is 10.1. The lowest BCUT2D eigenvalue weighted by Gasteiger charge is -2.27. The Morgan fingerprint density at radius 1 is 1.28 bits per heavy atom. The SMILES string of the molecule is NC1=NC(O)(S(=O)(=O)O)c2ncn([C@@H]3O[C@H](COP(=O)(O)OP(=O)(O)O)[C@@H](O)[C@H]3O)c2N1. The van der Waals surface area contributed by atoms with E-state index in [0.29, 0.717) is 0 Å². The van der Waals surface area contributed by atoms with Crippen molar-refractivity contribution in [2.75, 3.05) is 11.9 Å². The van der Waals surface area contributed by atoms with E-state index in [-0.39, 0.29) is 0 Å². The Hall–Kier alpha value is -1.51. The average Bonchev–Trinajstić information content (AvgIpc) is 3.13. The molecule has 19 nitrogen and oxygen atoms in total. The number of aromatic nitrogens is 2. The molecule has 32 heavy (non-hydrogen) atoms. The highest BCUT2D eigenvalue weighted by atomic mass is 32.2. The molecule has 3 rings (SSSR count). The number of anilines is 1. The first-order valence-electron chi connectivity index (χ1n) is 8.10. The van der Waals surface area contributed by atoms with Crippen LogP contribution in [0.4, 0.5) is 5.82 Å². The van der Waals surface area contributed by atoms with Crippen molar-refractivity contribution < 1.29 is 65.7 Å². The van der Waals surface area contributed by atoms with Crippen LogP contribution in [0.3, 0.4) is 0 Å². The molecule has 2 aliphatic rings. The predicted molar refractivity (Wildman–Crippen MR) is 97.7 cm³/mol. The lowest BCUT2D eigenvalue weighted by Crippen LogP contribution is -2.43. The van der Waals surface area contributed by atoms with Crippen LogP contribution in [0.5, 0.6) is 0 Å². The first kappa shape index (κ1) is 25.1. The van der Waals surface area contributed by atoms with E-state index in [4.69, 9.17) is 20.3 Å². The third-order valence-electron chi connectivity index (χ3n) is 4.20. The number of aliphatic imine (C=N–C) groups is 1. The van der Waals surface area contributed by atoms with Gasteiger partial charge >= 0.3 is 30.8 Å². The Kier molecular flexibility index (Phi) is 6.33. The standard InChI is InChI=1S/C10H17N5O14P2S/c11-9-13-7-6(10(18,14-9)32(24,25)26)12-2-15(7)8-5(17)4(16)3(28-8)1-27-31(22,23)29-30(19,20)21/h2-5,8,16-18H,1H2,(H,22,23)(H3,11,13,14)(H2,19,20,21)(H,24,25,26)/t3-,4-,5-,8-,10?/m1/s1. The van der Waals surface area contributed by atoms with Gasteiger partial charge in [0.05, 0.1) is 12.9 Å². The molecule has 10 N–H and O–H groups in total. The van der Waals surface area contributed by atoms with Crippen molar-refractivity contribution in [2.24, 2.45) is 10.7 Å². The van der Waals surface area contributed by atoms with Gasteiger partial charge in [-0.25, -0.2) is 14.1 Å². The molecule has 3 heterocycles. The molecule has 0 bridgehead atoms. The van der Waals surface area contributed by atoms with Crippen molar-refractivity contribution in [2.45, 2.75) is 29.6 Å². The topological polar surface area (TPSA) is 306 Å². The first-order valence-corrected chi connectivity index (χ1v) is 12.6.